The number of nitrogens with one attached hydrogen (secondary N) is 2. The highest BCUT2D eigenvalue weighted by Crippen LogP contribution is 2.22. The van der Waals surface area contributed by atoms with Gasteiger partial charge in [0.2, 0.25) is 10.0 Å². The normalized spacial score (nSPS) is 15.1. The average Bonchev–Trinajstić information content (AvgIpc) is 3.16. The van der Waals surface area contributed by atoms with Crippen molar-refractivity contribution in [3.05, 3.63) is 24.0 Å². The fraction of sp³-hybridized carbons (Fsp3) is 0.538. The summed E-state index contributed by atoms with van der Waals surface area (Å²) in [6.07, 6.45) is 2.22. The van der Waals surface area contributed by atoms with Gasteiger partial charge in [0.15, 0.2) is 11.6 Å². The Balaban J connectivity index is 1.91. The number of halogens is 1. The Kier molecular flexibility index (Phi) is 4.82. The van der Waals surface area contributed by atoms with Crippen molar-refractivity contribution in [2.75, 3.05) is 23.6 Å². The predicted octanol–water partition coefficient (Wildman–Crippen LogP) is 1.72. The van der Waals surface area contributed by atoms with Crippen molar-refractivity contribution in [1.82, 2.24) is 5.32 Å². The van der Waals surface area contributed by atoms with E-state index in [1.807, 2.05) is 0 Å². The Bertz CT molecular complexity index is 559. The molecule has 0 heterocycles. The summed E-state index contributed by atoms with van der Waals surface area (Å²) in [5, 5.41) is 3.12. The van der Waals surface area contributed by atoms with E-state index < -0.39 is 15.8 Å². The molecule has 2 rings (SSSR count). The maximum absolute atomic E-state index is 13.6. The molecule has 0 radical (unpaired) electrons. The summed E-state index contributed by atoms with van der Waals surface area (Å²) in [6, 6.07) is 4.49. The molecule has 1 aromatic rings. The molecule has 0 saturated heterocycles. The Morgan fingerprint density at radius 2 is 2.15 bits per heavy atom. The number of hydrogen-bond acceptors (Lipinski definition) is 4. The summed E-state index contributed by atoms with van der Waals surface area (Å²) in [5.41, 5.74) is 0.206. The third-order valence-electron chi connectivity index (χ3n) is 2.89. The molecule has 1 aliphatic rings. The van der Waals surface area contributed by atoms with Crippen LogP contribution in [0, 0.1) is 5.82 Å². The van der Waals surface area contributed by atoms with Gasteiger partial charge in [-0.3, -0.25) is 4.72 Å². The molecule has 2 N–H and O–H groups in total. The highest BCUT2D eigenvalue weighted by atomic mass is 32.2. The summed E-state index contributed by atoms with van der Waals surface area (Å²) in [7, 11) is -3.46. The molecule has 0 aromatic heterocycles. The number of hydrogen-bond donors (Lipinski definition) is 2. The summed E-state index contributed by atoms with van der Waals surface area (Å²) in [6.45, 7) is 2.51. The first-order chi connectivity index (χ1) is 9.50. The van der Waals surface area contributed by atoms with E-state index in [0.29, 0.717) is 19.2 Å². The summed E-state index contributed by atoms with van der Waals surface area (Å²) in [5.74, 6) is -0.493. The monoisotopic (exact) mass is 302 g/mol. The van der Waals surface area contributed by atoms with Crippen LogP contribution in [0.15, 0.2) is 18.2 Å². The van der Waals surface area contributed by atoms with Crippen molar-refractivity contribution in [3.63, 3.8) is 0 Å². The van der Waals surface area contributed by atoms with Gasteiger partial charge < -0.3 is 10.1 Å². The molecule has 0 aliphatic heterocycles. The lowest BCUT2D eigenvalue weighted by molar-refractivity contribution is 0.321. The van der Waals surface area contributed by atoms with Crippen molar-refractivity contribution in [2.24, 2.45) is 0 Å². The Morgan fingerprint density at radius 1 is 1.40 bits per heavy atom. The Labute approximate surface area is 118 Å². The van der Waals surface area contributed by atoms with Crippen LogP contribution in [0.2, 0.25) is 0 Å². The number of benzene rings is 1. The Hall–Kier alpha value is -1.34. The maximum Gasteiger partial charge on any atom is 0.233 e. The third-order valence-corrected chi connectivity index (χ3v) is 4.17. The zero-order valence-corrected chi connectivity index (χ0v) is 12.2. The fourth-order valence-electron chi connectivity index (χ4n) is 1.75. The number of sulfonamides is 1. The van der Waals surface area contributed by atoms with E-state index in [0.717, 1.165) is 18.9 Å². The molecule has 0 unspecified atom stereocenters. The summed E-state index contributed by atoms with van der Waals surface area (Å²) in [4.78, 5) is 0. The van der Waals surface area contributed by atoms with Gasteiger partial charge in [0.25, 0.3) is 0 Å². The van der Waals surface area contributed by atoms with E-state index in [9.17, 15) is 12.8 Å². The van der Waals surface area contributed by atoms with Crippen LogP contribution in [-0.2, 0) is 10.0 Å². The van der Waals surface area contributed by atoms with Crippen LogP contribution in [0.4, 0.5) is 10.1 Å². The smallest absolute Gasteiger partial charge is 0.233 e. The van der Waals surface area contributed by atoms with E-state index >= 15 is 0 Å². The van der Waals surface area contributed by atoms with Gasteiger partial charge in [-0.05, 0) is 31.9 Å². The van der Waals surface area contributed by atoms with Crippen LogP contribution in [0.5, 0.6) is 5.75 Å². The van der Waals surface area contributed by atoms with Gasteiger partial charge in [-0.15, -0.1) is 0 Å². The lowest BCUT2D eigenvalue weighted by Crippen LogP contribution is -2.28. The number of rotatable bonds is 8. The van der Waals surface area contributed by atoms with Crippen molar-refractivity contribution in [1.29, 1.82) is 0 Å². The molecule has 0 spiro atoms. The quantitative estimate of drug-likeness (QED) is 0.767. The highest BCUT2D eigenvalue weighted by molar-refractivity contribution is 7.92. The van der Waals surface area contributed by atoms with Gasteiger partial charge in [-0.1, -0.05) is 0 Å². The first-order valence-electron chi connectivity index (χ1n) is 6.66. The van der Waals surface area contributed by atoms with Crippen LogP contribution in [0.25, 0.3) is 0 Å². The zero-order valence-electron chi connectivity index (χ0n) is 11.4. The van der Waals surface area contributed by atoms with Crippen molar-refractivity contribution in [2.45, 2.75) is 25.8 Å². The minimum absolute atomic E-state index is 0.0294. The van der Waals surface area contributed by atoms with Crippen molar-refractivity contribution in [3.8, 4) is 5.75 Å². The lowest BCUT2D eigenvalue weighted by Gasteiger charge is -2.10. The van der Waals surface area contributed by atoms with E-state index in [1.165, 1.54) is 12.1 Å². The molecule has 1 fully saturated rings. The van der Waals surface area contributed by atoms with Crippen LogP contribution in [0.3, 0.4) is 0 Å². The Morgan fingerprint density at radius 3 is 2.75 bits per heavy atom. The second kappa shape index (κ2) is 6.41. The van der Waals surface area contributed by atoms with Crippen molar-refractivity contribution >= 4 is 15.7 Å². The third kappa shape index (κ3) is 4.64. The van der Waals surface area contributed by atoms with E-state index in [4.69, 9.17) is 4.74 Å². The van der Waals surface area contributed by atoms with Gasteiger partial charge in [0, 0.05) is 18.7 Å². The summed E-state index contributed by atoms with van der Waals surface area (Å²) < 4.78 is 44.7. The van der Waals surface area contributed by atoms with Gasteiger partial charge in [0.1, 0.15) is 0 Å². The van der Waals surface area contributed by atoms with Crippen LogP contribution >= 0.6 is 0 Å². The predicted molar refractivity (Wildman–Crippen MR) is 76.0 cm³/mol. The minimum atomic E-state index is -3.46. The van der Waals surface area contributed by atoms with Gasteiger partial charge in [-0.2, -0.15) is 0 Å². The van der Waals surface area contributed by atoms with E-state index in [1.54, 1.807) is 6.92 Å². The van der Waals surface area contributed by atoms with Crippen LogP contribution in [0.1, 0.15) is 19.8 Å². The molecule has 1 aliphatic carbocycles. The fourth-order valence-corrected chi connectivity index (χ4v) is 2.73. The SMILES string of the molecule is CCOc1ccc(NS(=O)(=O)CCNC2CC2)cc1F. The van der Waals surface area contributed by atoms with Gasteiger partial charge in [-0.25, -0.2) is 12.8 Å². The molecule has 5 nitrogen and oxygen atoms in total. The second-order valence-electron chi connectivity index (χ2n) is 4.73. The van der Waals surface area contributed by atoms with E-state index in [-0.39, 0.29) is 17.2 Å². The van der Waals surface area contributed by atoms with Crippen molar-refractivity contribution < 1.29 is 17.5 Å². The molecule has 112 valence electrons. The summed E-state index contributed by atoms with van der Waals surface area (Å²) >= 11 is 0. The molecule has 0 atom stereocenters. The molecule has 1 aromatic carbocycles. The average molecular weight is 302 g/mol. The lowest BCUT2D eigenvalue weighted by atomic mass is 10.3. The number of ether oxygens (including phenoxy) is 1. The molecule has 7 heteroatoms. The standard InChI is InChI=1S/C13H19FN2O3S/c1-2-19-13-6-5-11(9-12(13)14)16-20(17,18)8-7-15-10-3-4-10/h5-6,9-10,15-16H,2-4,7-8H2,1H3. The highest BCUT2D eigenvalue weighted by Gasteiger charge is 2.21. The largest absolute Gasteiger partial charge is 0.491 e. The maximum atomic E-state index is 13.6. The first kappa shape index (κ1) is 15.1. The van der Waals surface area contributed by atoms with E-state index in [2.05, 4.69) is 10.0 Å². The van der Waals surface area contributed by atoms with Crippen LogP contribution < -0.4 is 14.8 Å². The zero-order chi connectivity index (χ0) is 14.6. The minimum Gasteiger partial charge on any atom is -0.491 e. The first-order valence-corrected chi connectivity index (χ1v) is 8.31. The topological polar surface area (TPSA) is 67.4 Å². The molecule has 0 bridgehead atoms. The van der Waals surface area contributed by atoms with Crippen LogP contribution in [-0.4, -0.2) is 33.4 Å². The molecule has 0 amide bonds. The second-order valence-corrected chi connectivity index (χ2v) is 6.57. The van der Waals surface area contributed by atoms with Gasteiger partial charge in [0.05, 0.1) is 18.0 Å². The molecular formula is C13H19FN2O3S. The molecule has 20 heavy (non-hydrogen) atoms. The molecule has 1 saturated carbocycles. The number of anilines is 1. The van der Waals surface area contributed by atoms with Gasteiger partial charge >= 0.3 is 0 Å². The molecular weight excluding hydrogens is 283 g/mol.